The quantitative estimate of drug-likeness (QED) is 0.464. The second kappa shape index (κ2) is 6.98. The van der Waals surface area contributed by atoms with Gasteiger partial charge in [-0.25, -0.2) is 0 Å². The number of nitrogens with one attached hydrogen (secondary N) is 1. The van der Waals surface area contributed by atoms with Crippen LogP contribution in [0, 0.1) is 0 Å². The fourth-order valence-electron chi connectivity index (χ4n) is 1.43. The van der Waals surface area contributed by atoms with Crippen molar-refractivity contribution in [2.24, 2.45) is 5.10 Å². The van der Waals surface area contributed by atoms with Crippen molar-refractivity contribution in [3.05, 3.63) is 58.6 Å². The molecule has 0 aliphatic heterocycles. The Balaban J connectivity index is 2.07. The van der Waals surface area contributed by atoms with Gasteiger partial charge in [0.25, 0.3) is 0 Å². The molecule has 5 heteroatoms. The highest BCUT2D eigenvalue weighted by atomic mass is 79.9. The summed E-state index contributed by atoms with van der Waals surface area (Å²) in [4.78, 5) is 1.20. The molecular weight excluding hydrogens is 344 g/mol. The third-order valence-corrected chi connectivity index (χ3v) is 4.03. The largest absolute Gasteiger partial charge is 0.277 e. The molecule has 98 valence electrons. The predicted molar refractivity (Wildman–Crippen MR) is 88.4 cm³/mol. The number of thioether (sulfide) groups is 1. The van der Waals surface area contributed by atoms with E-state index in [-0.39, 0.29) is 0 Å². The Morgan fingerprint density at radius 1 is 1.11 bits per heavy atom. The highest BCUT2D eigenvalue weighted by Gasteiger charge is 2.00. The molecule has 0 aliphatic carbocycles. The zero-order chi connectivity index (χ0) is 13.7. The number of hydrogen-bond donors (Lipinski definition) is 1. The van der Waals surface area contributed by atoms with Gasteiger partial charge in [0.2, 0.25) is 0 Å². The fraction of sp³-hybridized carbons (Fsp3) is 0.0714. The van der Waals surface area contributed by atoms with Crippen LogP contribution in [0.1, 0.15) is 5.56 Å². The molecule has 2 aromatic rings. The maximum atomic E-state index is 6.15. The Morgan fingerprint density at radius 3 is 2.32 bits per heavy atom. The van der Waals surface area contributed by atoms with E-state index in [0.717, 1.165) is 15.7 Å². The molecule has 0 aliphatic rings. The number of hydrogen-bond acceptors (Lipinski definition) is 3. The van der Waals surface area contributed by atoms with Gasteiger partial charge in [-0.05, 0) is 42.7 Å². The minimum absolute atomic E-state index is 0.440. The Hall–Kier alpha value is -0.970. The minimum atomic E-state index is 0.440. The van der Waals surface area contributed by atoms with Crippen molar-refractivity contribution in [3.8, 4) is 0 Å². The molecule has 0 aromatic heterocycles. The average molecular weight is 356 g/mol. The van der Waals surface area contributed by atoms with Crippen LogP contribution in [0.5, 0.6) is 0 Å². The van der Waals surface area contributed by atoms with Crippen molar-refractivity contribution in [1.82, 2.24) is 0 Å². The van der Waals surface area contributed by atoms with Crippen LogP contribution >= 0.6 is 39.3 Å². The third-order valence-electron chi connectivity index (χ3n) is 2.46. The number of hydrazone groups is 1. The smallest absolute Gasteiger partial charge is 0.156 e. The monoisotopic (exact) mass is 354 g/mol. The topological polar surface area (TPSA) is 24.4 Å². The van der Waals surface area contributed by atoms with Crippen LogP contribution < -0.4 is 5.43 Å². The molecule has 0 amide bonds. The summed E-state index contributed by atoms with van der Waals surface area (Å²) in [5, 5.41) is 4.60. The lowest BCUT2D eigenvalue weighted by Gasteiger charge is -2.03. The van der Waals surface area contributed by atoms with E-state index in [0.29, 0.717) is 5.17 Å². The molecule has 0 radical (unpaired) electrons. The van der Waals surface area contributed by atoms with Crippen molar-refractivity contribution < 1.29 is 0 Å². The summed E-state index contributed by atoms with van der Waals surface area (Å²) in [6.07, 6.45) is 2.04. The van der Waals surface area contributed by atoms with E-state index in [1.54, 1.807) is 11.8 Å². The normalized spacial score (nSPS) is 11.4. The minimum Gasteiger partial charge on any atom is -0.277 e. The van der Waals surface area contributed by atoms with E-state index in [1.165, 1.54) is 4.90 Å². The number of anilines is 1. The lowest BCUT2D eigenvalue weighted by molar-refractivity contribution is 1.34. The second-order valence-corrected chi connectivity index (χ2v) is 5.90. The van der Waals surface area contributed by atoms with Gasteiger partial charge in [-0.15, -0.1) is 11.8 Å². The third kappa shape index (κ3) is 4.27. The van der Waals surface area contributed by atoms with Crippen molar-refractivity contribution in [2.75, 3.05) is 11.7 Å². The highest BCUT2D eigenvalue weighted by Crippen LogP contribution is 2.17. The zero-order valence-electron chi connectivity index (χ0n) is 10.2. The molecular formula is C14H12BrClN2S. The van der Waals surface area contributed by atoms with Crippen molar-refractivity contribution >= 4 is 50.2 Å². The molecule has 0 fully saturated rings. The summed E-state index contributed by atoms with van der Waals surface area (Å²) in [5.41, 5.74) is 4.71. The van der Waals surface area contributed by atoms with Gasteiger partial charge >= 0.3 is 0 Å². The van der Waals surface area contributed by atoms with Gasteiger partial charge in [0.1, 0.15) is 0 Å². The summed E-state index contributed by atoms with van der Waals surface area (Å²) in [7, 11) is 0. The van der Waals surface area contributed by atoms with Gasteiger partial charge < -0.3 is 0 Å². The van der Waals surface area contributed by atoms with E-state index >= 15 is 0 Å². The molecule has 2 rings (SSSR count). The molecule has 2 aromatic carbocycles. The molecule has 0 spiro atoms. The van der Waals surface area contributed by atoms with Crippen LogP contribution in [0.4, 0.5) is 5.69 Å². The van der Waals surface area contributed by atoms with Crippen molar-refractivity contribution in [1.29, 1.82) is 0 Å². The van der Waals surface area contributed by atoms with E-state index in [4.69, 9.17) is 11.6 Å². The Kier molecular flexibility index (Phi) is 5.31. The van der Waals surface area contributed by atoms with Gasteiger partial charge in [0, 0.05) is 14.9 Å². The number of halogens is 2. The molecule has 19 heavy (non-hydrogen) atoms. The summed E-state index contributed by atoms with van der Waals surface area (Å²) in [5.74, 6) is 0. The lowest BCUT2D eigenvalue weighted by Crippen LogP contribution is -1.97. The Morgan fingerprint density at radius 2 is 1.74 bits per heavy atom. The van der Waals surface area contributed by atoms with Gasteiger partial charge in [-0.1, -0.05) is 39.7 Å². The maximum absolute atomic E-state index is 6.15. The standard InChI is InChI=1S/C14H12BrClN2S/c1-19-13-8-2-10(3-9-13)14(16)18-17-12-6-4-11(15)5-7-12/h2-9,17H,1H3. The summed E-state index contributed by atoms with van der Waals surface area (Å²) >= 11 is 11.2. The first-order valence-electron chi connectivity index (χ1n) is 5.58. The first kappa shape index (κ1) is 14.4. The van der Waals surface area contributed by atoms with E-state index in [2.05, 4.69) is 26.5 Å². The average Bonchev–Trinajstić information content (AvgIpc) is 2.46. The number of rotatable bonds is 4. The maximum Gasteiger partial charge on any atom is 0.156 e. The predicted octanol–water partition coefficient (Wildman–Crippen LogP) is 5.18. The molecule has 0 saturated carbocycles. The van der Waals surface area contributed by atoms with E-state index in [1.807, 2.05) is 54.8 Å². The number of benzene rings is 2. The molecule has 0 saturated heterocycles. The lowest BCUT2D eigenvalue weighted by atomic mass is 10.2. The summed E-state index contributed by atoms with van der Waals surface area (Å²) in [6.45, 7) is 0. The molecule has 1 N–H and O–H groups in total. The molecule has 2 nitrogen and oxygen atoms in total. The van der Waals surface area contributed by atoms with Crippen molar-refractivity contribution in [2.45, 2.75) is 4.90 Å². The molecule has 0 atom stereocenters. The van der Waals surface area contributed by atoms with Gasteiger partial charge in [0.05, 0.1) is 5.69 Å². The van der Waals surface area contributed by atoms with Crippen LogP contribution in [0.25, 0.3) is 0 Å². The summed E-state index contributed by atoms with van der Waals surface area (Å²) < 4.78 is 1.03. The number of nitrogens with zero attached hydrogens (tertiary/aromatic N) is 1. The van der Waals surface area contributed by atoms with E-state index in [9.17, 15) is 0 Å². The molecule has 0 heterocycles. The van der Waals surface area contributed by atoms with Crippen LogP contribution in [0.15, 0.2) is 63.0 Å². The van der Waals surface area contributed by atoms with E-state index < -0.39 is 0 Å². The first-order valence-corrected chi connectivity index (χ1v) is 7.98. The van der Waals surface area contributed by atoms with Gasteiger partial charge in [-0.3, -0.25) is 5.43 Å². The second-order valence-electron chi connectivity index (χ2n) is 3.75. The summed E-state index contributed by atoms with van der Waals surface area (Å²) in [6, 6.07) is 15.7. The highest BCUT2D eigenvalue weighted by molar-refractivity contribution is 9.10. The van der Waals surface area contributed by atoms with Gasteiger partial charge in [0.15, 0.2) is 5.17 Å². The van der Waals surface area contributed by atoms with Crippen LogP contribution in [-0.2, 0) is 0 Å². The Bertz CT molecular complexity index is 567. The Labute approximate surface area is 130 Å². The first-order chi connectivity index (χ1) is 9.19. The fourth-order valence-corrected chi connectivity index (χ4v) is 2.27. The van der Waals surface area contributed by atoms with Gasteiger partial charge in [-0.2, -0.15) is 5.10 Å². The van der Waals surface area contributed by atoms with Crippen LogP contribution in [0.3, 0.4) is 0 Å². The van der Waals surface area contributed by atoms with Crippen molar-refractivity contribution in [3.63, 3.8) is 0 Å². The molecule has 0 bridgehead atoms. The zero-order valence-corrected chi connectivity index (χ0v) is 13.4. The van der Waals surface area contributed by atoms with Crippen LogP contribution in [-0.4, -0.2) is 11.4 Å². The molecule has 0 unspecified atom stereocenters. The SMILES string of the molecule is CSc1ccc(C(Cl)=NNc2ccc(Br)cc2)cc1. The van der Waals surface area contributed by atoms with Crippen LogP contribution in [0.2, 0.25) is 0 Å².